The topological polar surface area (TPSA) is 105 Å². The van der Waals surface area contributed by atoms with E-state index in [1.54, 1.807) is 30.1 Å². The summed E-state index contributed by atoms with van der Waals surface area (Å²) in [4.78, 5) is 28.7. The van der Waals surface area contributed by atoms with Crippen LogP contribution in [-0.2, 0) is 16.4 Å². The largest absolute Gasteiger partial charge is 0.329 e. The molecule has 0 aliphatic carbocycles. The van der Waals surface area contributed by atoms with E-state index in [2.05, 4.69) is 10.1 Å². The van der Waals surface area contributed by atoms with Crippen molar-refractivity contribution in [2.24, 2.45) is 0 Å². The number of hydrogen-bond donors (Lipinski definition) is 1. The molecule has 1 aliphatic rings. The maximum Gasteiger partial charge on any atom is 0.254 e. The van der Waals surface area contributed by atoms with E-state index in [1.165, 1.54) is 11.0 Å². The van der Waals surface area contributed by atoms with Crippen LogP contribution in [-0.4, -0.2) is 52.0 Å². The third-order valence-corrected chi connectivity index (χ3v) is 5.91. The number of aryl methyl sites for hydroxylation is 2. The van der Waals surface area contributed by atoms with Gasteiger partial charge in [0.05, 0.1) is 23.7 Å². The average Bonchev–Trinajstić information content (AvgIpc) is 3.01. The molecule has 1 N–H and O–H groups in total. The Hall–Kier alpha value is -2.42. The van der Waals surface area contributed by atoms with E-state index >= 15 is 0 Å². The molecule has 0 saturated carbocycles. The highest BCUT2D eigenvalue weighted by Gasteiger charge is 2.36. The summed E-state index contributed by atoms with van der Waals surface area (Å²) in [6.07, 6.45) is 3.35. The molecule has 0 aromatic carbocycles. The van der Waals surface area contributed by atoms with E-state index in [1.807, 2.05) is 6.92 Å². The number of carbonyl (C=O) groups is 1. The molecule has 3 heterocycles. The van der Waals surface area contributed by atoms with Crippen molar-refractivity contribution in [3.8, 4) is 0 Å². The number of H-pyrrole nitrogens is 1. The summed E-state index contributed by atoms with van der Waals surface area (Å²) in [5, 5.41) is 4.18. The molecule has 0 radical (unpaired) electrons. The third-order valence-electron chi connectivity index (χ3n) is 4.28. The zero-order chi connectivity index (χ0) is 18.2. The summed E-state index contributed by atoms with van der Waals surface area (Å²) >= 11 is 0. The van der Waals surface area contributed by atoms with Crippen LogP contribution in [0.2, 0.25) is 0 Å². The molecule has 8 nitrogen and oxygen atoms in total. The SMILES string of the molecule is CCn1cc([C@H]2CS(=O)(=O)CCN2C(=O)c2cc(C)[nH]c(=O)c2)cn1. The first-order valence-electron chi connectivity index (χ1n) is 8.04. The van der Waals surface area contributed by atoms with Gasteiger partial charge in [0.25, 0.3) is 5.91 Å². The summed E-state index contributed by atoms with van der Waals surface area (Å²) in [7, 11) is -3.24. The lowest BCUT2D eigenvalue weighted by Crippen LogP contribution is -2.46. The van der Waals surface area contributed by atoms with Crippen LogP contribution in [0.5, 0.6) is 0 Å². The Morgan fingerprint density at radius 1 is 1.40 bits per heavy atom. The normalized spacial score (nSPS) is 19.8. The van der Waals surface area contributed by atoms with Crippen molar-refractivity contribution >= 4 is 15.7 Å². The molecule has 25 heavy (non-hydrogen) atoms. The van der Waals surface area contributed by atoms with Crippen LogP contribution >= 0.6 is 0 Å². The average molecular weight is 364 g/mol. The van der Waals surface area contributed by atoms with Gasteiger partial charge in [-0.15, -0.1) is 0 Å². The fraction of sp³-hybridized carbons (Fsp3) is 0.438. The van der Waals surface area contributed by atoms with Gasteiger partial charge in [0.15, 0.2) is 9.84 Å². The molecular formula is C16H20N4O4S. The summed E-state index contributed by atoms with van der Waals surface area (Å²) < 4.78 is 25.9. The highest BCUT2D eigenvalue weighted by Crippen LogP contribution is 2.28. The minimum absolute atomic E-state index is 0.0840. The zero-order valence-corrected chi connectivity index (χ0v) is 14.9. The summed E-state index contributed by atoms with van der Waals surface area (Å²) in [6, 6.07) is 2.23. The number of amides is 1. The third kappa shape index (κ3) is 3.65. The number of carbonyl (C=O) groups excluding carboxylic acids is 1. The number of aromatic nitrogens is 3. The highest BCUT2D eigenvalue weighted by atomic mass is 32.2. The predicted molar refractivity (Wildman–Crippen MR) is 92.1 cm³/mol. The maximum atomic E-state index is 12.9. The molecule has 2 aromatic heterocycles. The number of sulfone groups is 1. The molecule has 3 rings (SSSR count). The van der Waals surface area contributed by atoms with E-state index < -0.39 is 15.9 Å². The monoisotopic (exact) mass is 364 g/mol. The number of nitrogens with zero attached hydrogens (tertiary/aromatic N) is 3. The highest BCUT2D eigenvalue weighted by molar-refractivity contribution is 7.91. The number of pyridine rings is 1. The first-order valence-corrected chi connectivity index (χ1v) is 9.86. The molecule has 1 aliphatic heterocycles. The van der Waals surface area contributed by atoms with Crippen molar-refractivity contribution in [3.05, 3.63) is 51.7 Å². The van der Waals surface area contributed by atoms with Crippen LogP contribution in [0, 0.1) is 6.92 Å². The molecule has 2 aromatic rings. The van der Waals surface area contributed by atoms with Crippen molar-refractivity contribution in [3.63, 3.8) is 0 Å². The molecule has 9 heteroatoms. The van der Waals surface area contributed by atoms with Gasteiger partial charge in [-0.1, -0.05) is 0 Å². The fourth-order valence-electron chi connectivity index (χ4n) is 3.02. The number of hydrogen-bond acceptors (Lipinski definition) is 5. The molecule has 0 spiro atoms. The molecular weight excluding hydrogens is 344 g/mol. The molecule has 134 valence electrons. The Labute approximate surface area is 145 Å². The standard InChI is InChI=1S/C16H20N4O4S/c1-3-19-9-13(8-17-19)14-10-25(23,24)5-4-20(14)16(22)12-6-11(2)18-15(21)7-12/h6-9,14H,3-5,10H2,1-2H3,(H,18,21)/t14-/m1/s1. The van der Waals surface area contributed by atoms with Gasteiger partial charge in [-0.3, -0.25) is 14.3 Å². The van der Waals surface area contributed by atoms with Gasteiger partial charge in [0, 0.05) is 42.2 Å². The predicted octanol–water partition coefficient (Wildman–Crippen LogP) is 0.512. The fourth-order valence-corrected chi connectivity index (χ4v) is 4.52. The second-order valence-corrected chi connectivity index (χ2v) is 8.40. The summed E-state index contributed by atoms with van der Waals surface area (Å²) in [5.41, 5.74) is 1.16. The van der Waals surface area contributed by atoms with E-state index in [-0.39, 0.29) is 35.1 Å². The van der Waals surface area contributed by atoms with Gasteiger partial charge in [-0.05, 0) is 19.9 Å². The first-order chi connectivity index (χ1) is 11.8. The summed E-state index contributed by atoms with van der Waals surface area (Å²) in [6.45, 7) is 4.37. The van der Waals surface area contributed by atoms with Crippen molar-refractivity contribution in [2.45, 2.75) is 26.4 Å². The van der Waals surface area contributed by atoms with Gasteiger partial charge in [-0.2, -0.15) is 5.10 Å². The number of rotatable bonds is 3. The van der Waals surface area contributed by atoms with E-state index in [4.69, 9.17) is 0 Å². The molecule has 1 fully saturated rings. The number of nitrogens with one attached hydrogen (secondary N) is 1. The second-order valence-electron chi connectivity index (χ2n) is 6.17. The minimum Gasteiger partial charge on any atom is -0.329 e. The Morgan fingerprint density at radius 2 is 2.16 bits per heavy atom. The van der Waals surface area contributed by atoms with Crippen LogP contribution in [0.15, 0.2) is 29.3 Å². The van der Waals surface area contributed by atoms with Crippen LogP contribution in [0.3, 0.4) is 0 Å². The Kier molecular flexibility index (Phi) is 4.51. The molecule has 1 atom stereocenters. The maximum absolute atomic E-state index is 12.9. The van der Waals surface area contributed by atoms with Crippen molar-refractivity contribution in [1.29, 1.82) is 0 Å². The van der Waals surface area contributed by atoms with Gasteiger partial charge in [-0.25, -0.2) is 8.42 Å². The van der Waals surface area contributed by atoms with Crippen LogP contribution < -0.4 is 5.56 Å². The zero-order valence-electron chi connectivity index (χ0n) is 14.1. The second kappa shape index (κ2) is 6.47. The molecule has 0 unspecified atom stereocenters. The Balaban J connectivity index is 1.99. The Morgan fingerprint density at radius 3 is 2.80 bits per heavy atom. The first kappa shape index (κ1) is 17.4. The van der Waals surface area contributed by atoms with Gasteiger partial charge < -0.3 is 9.88 Å². The van der Waals surface area contributed by atoms with Crippen LogP contribution in [0.1, 0.15) is 34.6 Å². The van der Waals surface area contributed by atoms with E-state index in [0.717, 1.165) is 0 Å². The van der Waals surface area contributed by atoms with E-state index in [9.17, 15) is 18.0 Å². The van der Waals surface area contributed by atoms with Crippen molar-refractivity contribution in [1.82, 2.24) is 19.7 Å². The van der Waals surface area contributed by atoms with Crippen LogP contribution in [0.4, 0.5) is 0 Å². The van der Waals surface area contributed by atoms with Gasteiger partial charge >= 0.3 is 0 Å². The minimum atomic E-state index is -3.24. The van der Waals surface area contributed by atoms with Crippen molar-refractivity contribution < 1.29 is 13.2 Å². The quantitative estimate of drug-likeness (QED) is 0.854. The lowest BCUT2D eigenvalue weighted by molar-refractivity contribution is 0.0697. The smallest absolute Gasteiger partial charge is 0.254 e. The van der Waals surface area contributed by atoms with Crippen molar-refractivity contribution in [2.75, 3.05) is 18.1 Å². The lowest BCUT2D eigenvalue weighted by atomic mass is 10.1. The lowest BCUT2D eigenvalue weighted by Gasteiger charge is -2.35. The molecule has 1 amide bonds. The van der Waals surface area contributed by atoms with Crippen LogP contribution in [0.25, 0.3) is 0 Å². The Bertz CT molecular complexity index is 961. The molecule has 1 saturated heterocycles. The summed E-state index contributed by atoms with van der Waals surface area (Å²) in [5.74, 6) is -0.575. The van der Waals surface area contributed by atoms with Gasteiger partial charge in [0.2, 0.25) is 5.56 Å². The van der Waals surface area contributed by atoms with Gasteiger partial charge in [0.1, 0.15) is 0 Å². The molecule has 0 bridgehead atoms. The van der Waals surface area contributed by atoms with E-state index in [0.29, 0.717) is 17.8 Å². The number of aromatic amines is 1.